The van der Waals surface area contributed by atoms with Gasteiger partial charge in [0.25, 0.3) is 0 Å². The van der Waals surface area contributed by atoms with Gasteiger partial charge in [0.15, 0.2) is 5.75 Å². The van der Waals surface area contributed by atoms with Crippen molar-refractivity contribution in [3.05, 3.63) is 91.0 Å². The van der Waals surface area contributed by atoms with Crippen LogP contribution in [0.4, 0.5) is 34.1 Å². The van der Waals surface area contributed by atoms with Gasteiger partial charge in [0.2, 0.25) is 0 Å². The first-order chi connectivity index (χ1) is 22.0. The number of hydrogen-bond donors (Lipinski definition) is 5. The largest absolute Gasteiger partial charge is 0.506 e. The summed E-state index contributed by atoms with van der Waals surface area (Å²) in [4.78, 5) is 0.901. The second kappa shape index (κ2) is 16.9. The molecule has 0 heterocycles. The van der Waals surface area contributed by atoms with E-state index in [-0.39, 0.29) is 56.3 Å². The summed E-state index contributed by atoms with van der Waals surface area (Å²) >= 11 is 1.40. The van der Waals surface area contributed by atoms with Crippen LogP contribution in [-0.4, -0.2) is 27.8 Å². The van der Waals surface area contributed by atoms with Gasteiger partial charge in [-0.2, -0.15) is 5.11 Å². The predicted molar refractivity (Wildman–Crippen MR) is 166 cm³/mol. The minimum absolute atomic E-state index is 0. The number of ether oxygens (including phenoxy) is 1. The number of nitrogens with one attached hydrogen (secondary N) is 1. The Hall–Kier alpha value is -4.26. The standard InChI is InChI=1S/C29H23N5O9S2.Cu/c1-39-26-16-23(25(35)15-24(26)33-31-19-7-10-21(11-8-19)44-42-40-37)32-34-28-27(45-43-41-38)14-17-13-20(9-12-22(17)29(28)36)30-18-5-3-2-4-6-18;/h2-16,30,35-38H,1H3;. The summed E-state index contributed by atoms with van der Waals surface area (Å²) in [7, 11) is 1.42. The molecule has 0 spiro atoms. The van der Waals surface area contributed by atoms with Crippen LogP contribution in [0.15, 0.2) is 121 Å². The smallest absolute Gasteiger partial charge is 0.152 e. The number of hydrogen-bond acceptors (Lipinski definition) is 16. The Morgan fingerprint density at radius 1 is 0.696 bits per heavy atom. The van der Waals surface area contributed by atoms with E-state index in [9.17, 15) is 10.2 Å². The molecule has 0 aromatic heterocycles. The number of para-hydroxylation sites is 1. The van der Waals surface area contributed by atoms with Gasteiger partial charge in [-0.3, -0.25) is 0 Å². The molecule has 0 aliphatic heterocycles. The third-order valence-electron chi connectivity index (χ3n) is 6.07. The molecule has 5 N–H and O–H groups in total. The number of fused-ring (bicyclic) bond motifs is 1. The minimum atomic E-state index is -0.289. The average Bonchev–Trinajstić information content (AvgIpc) is 3.06. The molecule has 0 aliphatic carbocycles. The van der Waals surface area contributed by atoms with Crippen molar-refractivity contribution >= 4 is 69.0 Å². The van der Waals surface area contributed by atoms with Crippen LogP contribution >= 0.6 is 24.1 Å². The second-order valence-electron chi connectivity index (χ2n) is 8.86. The zero-order valence-corrected chi connectivity index (χ0v) is 26.0. The van der Waals surface area contributed by atoms with Crippen LogP contribution in [0.25, 0.3) is 10.8 Å². The van der Waals surface area contributed by atoms with E-state index in [1.165, 1.54) is 19.2 Å². The maximum absolute atomic E-state index is 11.2. The van der Waals surface area contributed by atoms with Crippen LogP contribution in [-0.2, 0) is 35.8 Å². The molecule has 5 aromatic carbocycles. The van der Waals surface area contributed by atoms with Crippen LogP contribution in [0.1, 0.15) is 0 Å². The molecule has 5 aromatic rings. The third-order valence-corrected chi connectivity index (χ3v) is 7.29. The van der Waals surface area contributed by atoms with Crippen molar-refractivity contribution in [2.24, 2.45) is 20.5 Å². The number of methoxy groups -OCH3 is 1. The molecule has 46 heavy (non-hydrogen) atoms. The van der Waals surface area contributed by atoms with E-state index in [0.29, 0.717) is 33.4 Å². The number of phenolic OH excluding ortho intramolecular Hbond substituents is 2. The van der Waals surface area contributed by atoms with E-state index in [2.05, 4.69) is 44.5 Å². The fourth-order valence-corrected chi connectivity index (χ4v) is 4.89. The van der Waals surface area contributed by atoms with Gasteiger partial charge in [-0.05, 0) is 66.0 Å². The zero-order valence-electron chi connectivity index (χ0n) is 23.4. The number of phenols is 2. The fraction of sp³-hybridized carbons (Fsp3) is 0.0345. The van der Waals surface area contributed by atoms with E-state index < -0.39 is 0 Å². The zero-order chi connectivity index (χ0) is 31.6. The van der Waals surface area contributed by atoms with Crippen molar-refractivity contribution in [1.29, 1.82) is 0 Å². The molecule has 0 saturated carbocycles. The van der Waals surface area contributed by atoms with Gasteiger partial charge in [-0.25, -0.2) is 10.5 Å². The molecule has 0 saturated heterocycles. The van der Waals surface area contributed by atoms with E-state index >= 15 is 0 Å². The summed E-state index contributed by atoms with van der Waals surface area (Å²) in [5.41, 5.74) is 2.36. The van der Waals surface area contributed by atoms with Crippen molar-refractivity contribution in [3.63, 3.8) is 0 Å². The Morgan fingerprint density at radius 2 is 1.41 bits per heavy atom. The van der Waals surface area contributed by atoms with Crippen molar-refractivity contribution < 1.29 is 61.3 Å². The first-order valence-corrected chi connectivity index (χ1v) is 14.2. The number of azo groups is 2. The van der Waals surface area contributed by atoms with Gasteiger partial charge in [0, 0.05) is 50.9 Å². The molecule has 241 valence electrons. The fourth-order valence-electron chi connectivity index (χ4n) is 4.04. The first-order valence-electron chi connectivity index (χ1n) is 12.7. The van der Waals surface area contributed by atoms with Gasteiger partial charge in [-0.1, -0.05) is 28.3 Å². The monoisotopic (exact) mass is 712 g/mol. The van der Waals surface area contributed by atoms with Crippen molar-refractivity contribution in [1.82, 2.24) is 0 Å². The van der Waals surface area contributed by atoms with Crippen LogP contribution in [0, 0.1) is 0 Å². The number of aromatic hydroxyl groups is 2. The van der Waals surface area contributed by atoms with Crippen LogP contribution in [0.5, 0.6) is 17.2 Å². The molecule has 14 nitrogen and oxygen atoms in total. The molecule has 17 heteroatoms. The Balaban J connectivity index is 0.00000480. The summed E-state index contributed by atoms with van der Waals surface area (Å²) in [6.45, 7) is 0. The molecule has 0 fully saturated rings. The average molecular weight is 713 g/mol. The maximum atomic E-state index is 11.2. The number of anilines is 2. The third kappa shape index (κ3) is 8.71. The molecule has 5 rings (SSSR count). The van der Waals surface area contributed by atoms with Gasteiger partial charge in [-0.15, -0.1) is 24.0 Å². The molecular weight excluding hydrogens is 690 g/mol. The molecule has 0 aliphatic rings. The Bertz CT molecular complexity index is 1830. The Morgan fingerprint density at radius 3 is 2.13 bits per heavy atom. The topological polar surface area (TPSA) is 189 Å². The van der Waals surface area contributed by atoms with Crippen LogP contribution in [0.3, 0.4) is 0 Å². The van der Waals surface area contributed by atoms with Crippen LogP contribution < -0.4 is 10.1 Å². The SMILES string of the molecule is COc1cc(N=Nc2c(SOOO)cc3cc(Nc4ccccc4)ccc3c2O)c(O)cc1N=Nc1ccc(SOOO)cc1.[Cu]. The summed E-state index contributed by atoms with van der Waals surface area (Å²) in [5.74, 6) is -0.273. The van der Waals surface area contributed by atoms with Crippen molar-refractivity contribution in [2.75, 3.05) is 12.4 Å². The molecule has 0 atom stereocenters. The van der Waals surface area contributed by atoms with Gasteiger partial charge >= 0.3 is 0 Å². The molecular formula is C29H23CuN5O9S2. The van der Waals surface area contributed by atoms with Crippen LogP contribution in [0.2, 0.25) is 0 Å². The number of nitrogens with zero attached hydrogens (tertiary/aromatic N) is 4. The summed E-state index contributed by atoms with van der Waals surface area (Å²) in [6, 6.07) is 25.9. The first kappa shape index (κ1) is 34.6. The summed E-state index contributed by atoms with van der Waals surface area (Å²) in [6.07, 6.45) is 0. The molecule has 0 amide bonds. The Labute approximate surface area is 280 Å². The van der Waals surface area contributed by atoms with E-state index in [1.54, 1.807) is 42.5 Å². The van der Waals surface area contributed by atoms with Gasteiger partial charge < -0.3 is 20.3 Å². The second-order valence-corrected chi connectivity index (χ2v) is 10.4. The Kier molecular flexibility index (Phi) is 12.7. The minimum Gasteiger partial charge on any atom is -0.506 e. The van der Waals surface area contributed by atoms with Gasteiger partial charge in [0.1, 0.15) is 28.6 Å². The molecule has 0 bridgehead atoms. The molecule has 0 unspecified atom stereocenters. The van der Waals surface area contributed by atoms with E-state index in [1.807, 2.05) is 36.4 Å². The summed E-state index contributed by atoms with van der Waals surface area (Å²) < 4.78 is 14.4. The quantitative estimate of drug-likeness (QED) is 0.0256. The number of rotatable bonds is 13. The van der Waals surface area contributed by atoms with Gasteiger partial charge in [0.05, 0.1) is 41.8 Å². The normalized spacial score (nSPS) is 11.3. The predicted octanol–water partition coefficient (Wildman–Crippen LogP) is 9.69. The van der Waals surface area contributed by atoms with Crippen molar-refractivity contribution in [2.45, 2.75) is 9.79 Å². The summed E-state index contributed by atoms with van der Waals surface area (Å²) in [5, 5.41) is 67.2. The molecule has 1 radical (unpaired) electrons. The number of benzene rings is 5. The van der Waals surface area contributed by atoms with E-state index in [4.69, 9.17) is 15.3 Å². The van der Waals surface area contributed by atoms with Crippen molar-refractivity contribution in [3.8, 4) is 17.2 Å². The maximum Gasteiger partial charge on any atom is 0.152 e. The van der Waals surface area contributed by atoms with E-state index in [0.717, 1.165) is 23.4 Å².